The Balaban J connectivity index is 1.47. The van der Waals surface area contributed by atoms with E-state index in [-0.39, 0.29) is 11.9 Å². The standard InChI is InChI=1S/C23H26N2O3S/c26-23-7-3-6-19-14-21(10-11-22(19)24-23)29(27,28)25(15-16-8-9-16)20-12-17-4-1-2-5-18(17)13-20/h1-2,4-5,10-11,14,16,20H,3,6-9,12-13,15H2,(H,24,26). The molecule has 5 rings (SSSR count). The van der Waals surface area contributed by atoms with Gasteiger partial charge in [0.2, 0.25) is 15.9 Å². The van der Waals surface area contributed by atoms with Crippen LogP contribution in [0.3, 0.4) is 0 Å². The Kier molecular flexibility index (Phi) is 4.71. The fourth-order valence-electron chi connectivity index (χ4n) is 4.58. The molecule has 1 aliphatic heterocycles. The predicted molar refractivity (Wildman–Crippen MR) is 112 cm³/mol. The summed E-state index contributed by atoms with van der Waals surface area (Å²) in [6.07, 6.45) is 5.72. The van der Waals surface area contributed by atoms with Gasteiger partial charge >= 0.3 is 0 Å². The quantitative estimate of drug-likeness (QED) is 0.820. The SMILES string of the molecule is O=C1CCCc2cc(S(=O)(=O)N(CC3CC3)C3Cc4ccccc4C3)ccc2N1. The van der Waals surface area contributed by atoms with E-state index in [1.807, 2.05) is 12.1 Å². The molecule has 1 saturated carbocycles. The number of fused-ring (bicyclic) bond motifs is 2. The lowest BCUT2D eigenvalue weighted by atomic mass is 10.1. The second-order valence-corrected chi connectivity index (χ2v) is 10.5. The lowest BCUT2D eigenvalue weighted by molar-refractivity contribution is -0.116. The second-order valence-electron chi connectivity index (χ2n) is 8.57. The number of benzene rings is 2. The summed E-state index contributed by atoms with van der Waals surface area (Å²) in [6.45, 7) is 0.606. The van der Waals surface area contributed by atoms with E-state index in [1.165, 1.54) is 11.1 Å². The minimum Gasteiger partial charge on any atom is -0.326 e. The molecule has 1 heterocycles. The lowest BCUT2D eigenvalue weighted by Crippen LogP contribution is -2.42. The van der Waals surface area contributed by atoms with E-state index in [1.54, 1.807) is 22.5 Å². The second kappa shape index (κ2) is 7.26. The van der Waals surface area contributed by atoms with Gasteiger partial charge in [-0.3, -0.25) is 4.79 Å². The van der Waals surface area contributed by atoms with Crippen molar-refractivity contribution in [2.24, 2.45) is 5.92 Å². The molecule has 0 saturated heterocycles. The van der Waals surface area contributed by atoms with E-state index in [4.69, 9.17) is 0 Å². The summed E-state index contributed by atoms with van der Waals surface area (Å²) >= 11 is 0. The van der Waals surface area contributed by atoms with E-state index in [0.29, 0.717) is 23.8 Å². The molecule has 6 heteroatoms. The fraction of sp³-hybridized carbons (Fsp3) is 0.435. The Hall–Kier alpha value is -2.18. The summed E-state index contributed by atoms with van der Waals surface area (Å²) in [5, 5.41) is 2.89. The minimum absolute atomic E-state index is 0.00145. The van der Waals surface area contributed by atoms with Gasteiger partial charge < -0.3 is 5.32 Å². The fourth-order valence-corrected chi connectivity index (χ4v) is 6.34. The number of nitrogens with one attached hydrogen (secondary N) is 1. The van der Waals surface area contributed by atoms with Gasteiger partial charge in [0.15, 0.2) is 0 Å². The largest absolute Gasteiger partial charge is 0.326 e. The van der Waals surface area contributed by atoms with E-state index in [0.717, 1.165) is 49.8 Å². The molecule has 0 unspecified atom stereocenters. The highest BCUT2D eigenvalue weighted by Crippen LogP contribution is 2.36. The van der Waals surface area contributed by atoms with Gasteiger partial charge in [-0.2, -0.15) is 4.31 Å². The van der Waals surface area contributed by atoms with Gasteiger partial charge in [-0.1, -0.05) is 24.3 Å². The highest BCUT2D eigenvalue weighted by molar-refractivity contribution is 7.89. The third-order valence-electron chi connectivity index (χ3n) is 6.38. The van der Waals surface area contributed by atoms with Crippen LogP contribution in [0.15, 0.2) is 47.4 Å². The Morgan fingerprint density at radius 2 is 1.69 bits per heavy atom. The molecular formula is C23H26N2O3S. The van der Waals surface area contributed by atoms with Crippen LogP contribution in [0.5, 0.6) is 0 Å². The van der Waals surface area contributed by atoms with E-state index < -0.39 is 10.0 Å². The van der Waals surface area contributed by atoms with Crippen LogP contribution in [0.1, 0.15) is 42.4 Å². The van der Waals surface area contributed by atoms with Crippen LogP contribution in [0.25, 0.3) is 0 Å². The van der Waals surface area contributed by atoms with Gasteiger partial charge in [0, 0.05) is 24.7 Å². The average molecular weight is 411 g/mol. The molecule has 2 aromatic rings. The van der Waals surface area contributed by atoms with Crippen LogP contribution < -0.4 is 5.32 Å². The van der Waals surface area contributed by atoms with Crippen LogP contribution >= 0.6 is 0 Å². The minimum atomic E-state index is -3.60. The molecule has 152 valence electrons. The number of hydrogen-bond acceptors (Lipinski definition) is 3. The number of aryl methyl sites for hydroxylation is 1. The van der Waals surface area contributed by atoms with Gasteiger partial charge in [0.05, 0.1) is 4.90 Å². The van der Waals surface area contributed by atoms with Crippen molar-refractivity contribution in [2.45, 2.75) is 55.9 Å². The highest BCUT2D eigenvalue weighted by atomic mass is 32.2. The van der Waals surface area contributed by atoms with Crippen LogP contribution in [-0.4, -0.2) is 31.2 Å². The molecule has 0 bridgehead atoms. The van der Waals surface area contributed by atoms with Crippen molar-refractivity contribution in [2.75, 3.05) is 11.9 Å². The van der Waals surface area contributed by atoms with Gasteiger partial charge in [-0.05, 0) is 79.3 Å². The lowest BCUT2D eigenvalue weighted by Gasteiger charge is -2.28. The first-order chi connectivity index (χ1) is 14.0. The van der Waals surface area contributed by atoms with Crippen molar-refractivity contribution in [3.63, 3.8) is 0 Å². The van der Waals surface area contributed by atoms with E-state index >= 15 is 0 Å². The predicted octanol–water partition coefficient (Wildman–Crippen LogP) is 3.53. The zero-order chi connectivity index (χ0) is 20.0. The number of hydrogen-bond donors (Lipinski definition) is 1. The molecule has 3 aliphatic rings. The molecule has 1 N–H and O–H groups in total. The average Bonchev–Trinajstić information content (AvgIpc) is 3.46. The first kappa shape index (κ1) is 18.8. The molecule has 0 aromatic heterocycles. The first-order valence-electron chi connectivity index (χ1n) is 10.5. The van der Waals surface area contributed by atoms with Gasteiger partial charge in [-0.15, -0.1) is 0 Å². The van der Waals surface area contributed by atoms with Gasteiger partial charge in [0.1, 0.15) is 0 Å². The zero-order valence-electron chi connectivity index (χ0n) is 16.4. The number of sulfonamides is 1. The van der Waals surface area contributed by atoms with Crippen molar-refractivity contribution in [3.05, 3.63) is 59.2 Å². The summed E-state index contributed by atoms with van der Waals surface area (Å²) < 4.78 is 29.2. The highest BCUT2D eigenvalue weighted by Gasteiger charge is 2.39. The maximum absolute atomic E-state index is 13.7. The summed E-state index contributed by atoms with van der Waals surface area (Å²) in [5.41, 5.74) is 4.18. The van der Waals surface area contributed by atoms with Crippen molar-refractivity contribution in [3.8, 4) is 0 Å². The maximum atomic E-state index is 13.7. The Morgan fingerprint density at radius 1 is 0.966 bits per heavy atom. The van der Waals surface area contributed by atoms with Gasteiger partial charge in [0.25, 0.3) is 0 Å². The number of anilines is 1. The molecule has 1 amide bonds. The number of carbonyl (C=O) groups is 1. The first-order valence-corrected chi connectivity index (χ1v) is 12.0. The number of amides is 1. The van der Waals surface area contributed by atoms with Crippen molar-refractivity contribution >= 4 is 21.6 Å². The maximum Gasteiger partial charge on any atom is 0.243 e. The summed E-state index contributed by atoms with van der Waals surface area (Å²) in [6, 6.07) is 13.5. The van der Waals surface area contributed by atoms with Crippen LogP contribution in [0.4, 0.5) is 5.69 Å². The summed E-state index contributed by atoms with van der Waals surface area (Å²) in [7, 11) is -3.60. The number of rotatable bonds is 5. The van der Waals surface area contributed by atoms with Crippen LogP contribution in [-0.2, 0) is 34.1 Å². The Bertz CT molecular complexity index is 1030. The number of nitrogens with zero attached hydrogens (tertiary/aromatic N) is 1. The normalized spacial score (nSPS) is 19.6. The monoisotopic (exact) mass is 410 g/mol. The molecule has 5 nitrogen and oxygen atoms in total. The topological polar surface area (TPSA) is 66.5 Å². The van der Waals surface area contributed by atoms with Crippen molar-refractivity contribution < 1.29 is 13.2 Å². The molecule has 1 fully saturated rings. The van der Waals surface area contributed by atoms with E-state index in [9.17, 15) is 13.2 Å². The Morgan fingerprint density at radius 3 is 2.38 bits per heavy atom. The molecule has 29 heavy (non-hydrogen) atoms. The molecule has 2 aliphatic carbocycles. The smallest absolute Gasteiger partial charge is 0.243 e. The molecule has 0 spiro atoms. The Labute approximate surface area is 172 Å². The third kappa shape index (κ3) is 3.71. The van der Waals surface area contributed by atoms with Crippen molar-refractivity contribution in [1.82, 2.24) is 4.31 Å². The van der Waals surface area contributed by atoms with Crippen LogP contribution in [0.2, 0.25) is 0 Å². The number of carbonyl (C=O) groups excluding carboxylic acids is 1. The molecule has 2 aromatic carbocycles. The third-order valence-corrected chi connectivity index (χ3v) is 8.29. The zero-order valence-corrected chi connectivity index (χ0v) is 17.2. The van der Waals surface area contributed by atoms with Crippen molar-refractivity contribution in [1.29, 1.82) is 0 Å². The molecular weight excluding hydrogens is 384 g/mol. The molecule has 0 radical (unpaired) electrons. The van der Waals surface area contributed by atoms with Crippen LogP contribution in [0, 0.1) is 5.92 Å². The molecule has 0 atom stereocenters. The van der Waals surface area contributed by atoms with Gasteiger partial charge in [-0.25, -0.2) is 8.42 Å². The van der Waals surface area contributed by atoms with E-state index in [2.05, 4.69) is 17.4 Å². The summed E-state index contributed by atoms with van der Waals surface area (Å²) in [4.78, 5) is 12.2. The summed E-state index contributed by atoms with van der Waals surface area (Å²) in [5.74, 6) is 0.479.